The summed E-state index contributed by atoms with van der Waals surface area (Å²) >= 11 is 0. The van der Waals surface area contributed by atoms with E-state index in [-0.39, 0.29) is 0 Å². The highest BCUT2D eigenvalue weighted by molar-refractivity contribution is 5.51. The van der Waals surface area contributed by atoms with E-state index in [2.05, 4.69) is 6.29 Å². The Balaban J connectivity index is 1.81. The molecule has 0 heterocycles. The molecule has 1 nitrogen and oxygen atoms in total. The van der Waals surface area contributed by atoms with Crippen LogP contribution < -0.4 is 0 Å². The smallest absolute Gasteiger partial charge is 0.198 e. The van der Waals surface area contributed by atoms with Crippen molar-refractivity contribution in [1.29, 1.82) is 0 Å². The SMILES string of the molecule is O=[C]CC1C2CC3CC(C2)CC1C3. The molecule has 0 N–H and O–H groups in total. The number of carbonyl (C=O) groups excluding carboxylic acids is 1. The standard InChI is InChI=1S/C12H17O/c13-2-1-12-10-4-8-3-9(6-10)7-11(12)5-8/h8-12H,1,3-7H2. The zero-order chi connectivity index (χ0) is 8.84. The minimum atomic E-state index is 0.727. The summed E-state index contributed by atoms with van der Waals surface area (Å²) < 4.78 is 0. The van der Waals surface area contributed by atoms with Crippen molar-refractivity contribution in [2.45, 2.75) is 38.5 Å². The molecule has 0 aromatic carbocycles. The number of hydrogen-bond donors (Lipinski definition) is 0. The van der Waals surface area contributed by atoms with Gasteiger partial charge >= 0.3 is 0 Å². The molecule has 13 heavy (non-hydrogen) atoms. The summed E-state index contributed by atoms with van der Waals surface area (Å²) in [5.74, 6) is 4.59. The van der Waals surface area contributed by atoms with E-state index in [0.717, 1.165) is 36.0 Å². The van der Waals surface area contributed by atoms with Crippen molar-refractivity contribution >= 4 is 6.29 Å². The van der Waals surface area contributed by atoms with Crippen LogP contribution in [0.2, 0.25) is 0 Å². The van der Waals surface area contributed by atoms with Crippen molar-refractivity contribution in [1.82, 2.24) is 0 Å². The Morgan fingerprint density at radius 1 is 0.923 bits per heavy atom. The second kappa shape index (κ2) is 2.83. The molecule has 0 aliphatic heterocycles. The lowest BCUT2D eigenvalue weighted by molar-refractivity contribution is -0.0332. The monoisotopic (exact) mass is 177 g/mol. The summed E-state index contributed by atoms with van der Waals surface area (Å²) in [6.07, 6.45) is 10.1. The molecule has 1 radical (unpaired) electrons. The predicted molar refractivity (Wildman–Crippen MR) is 50.8 cm³/mol. The second-order valence-electron chi connectivity index (χ2n) is 5.44. The molecule has 4 aliphatic rings. The third-order valence-corrected chi connectivity index (χ3v) is 4.74. The molecule has 0 saturated heterocycles. The summed E-state index contributed by atoms with van der Waals surface area (Å²) in [5.41, 5.74) is 0. The molecule has 0 atom stereocenters. The van der Waals surface area contributed by atoms with Crippen LogP contribution in [0.15, 0.2) is 0 Å². The maximum atomic E-state index is 10.5. The number of hydrogen-bond acceptors (Lipinski definition) is 1. The van der Waals surface area contributed by atoms with Crippen LogP contribution in [0, 0.1) is 29.6 Å². The molecule has 1 heteroatoms. The van der Waals surface area contributed by atoms with Crippen LogP contribution in [0.25, 0.3) is 0 Å². The molecule has 4 fully saturated rings. The summed E-state index contributed by atoms with van der Waals surface area (Å²) in [7, 11) is 0. The van der Waals surface area contributed by atoms with Gasteiger partial charge in [-0.05, 0) is 61.7 Å². The van der Waals surface area contributed by atoms with Crippen molar-refractivity contribution in [2.75, 3.05) is 0 Å². The average Bonchev–Trinajstić information content (AvgIpc) is 2.10. The average molecular weight is 177 g/mol. The fourth-order valence-electron chi connectivity index (χ4n) is 4.47. The van der Waals surface area contributed by atoms with Gasteiger partial charge in [0.25, 0.3) is 0 Å². The number of rotatable bonds is 2. The van der Waals surface area contributed by atoms with E-state index in [0.29, 0.717) is 0 Å². The van der Waals surface area contributed by atoms with Gasteiger partial charge < -0.3 is 0 Å². The fourth-order valence-corrected chi connectivity index (χ4v) is 4.47. The zero-order valence-electron chi connectivity index (χ0n) is 8.04. The van der Waals surface area contributed by atoms with Crippen LogP contribution in [0.1, 0.15) is 38.5 Å². The first-order valence-corrected chi connectivity index (χ1v) is 5.72. The molecule has 4 bridgehead atoms. The van der Waals surface area contributed by atoms with Gasteiger partial charge in [-0.25, -0.2) is 0 Å². The van der Waals surface area contributed by atoms with Crippen LogP contribution in [0.5, 0.6) is 0 Å². The van der Waals surface area contributed by atoms with Crippen LogP contribution >= 0.6 is 0 Å². The van der Waals surface area contributed by atoms with Gasteiger partial charge in [-0.3, -0.25) is 4.79 Å². The molecule has 0 aromatic heterocycles. The van der Waals surface area contributed by atoms with E-state index in [4.69, 9.17) is 0 Å². The predicted octanol–water partition coefficient (Wildman–Crippen LogP) is 2.56. The summed E-state index contributed by atoms with van der Waals surface area (Å²) in [6.45, 7) is 0. The van der Waals surface area contributed by atoms with Crippen LogP contribution in [0.3, 0.4) is 0 Å². The van der Waals surface area contributed by atoms with E-state index in [1.165, 1.54) is 32.1 Å². The molecule has 0 amide bonds. The maximum Gasteiger partial charge on any atom is 0.198 e. The van der Waals surface area contributed by atoms with Gasteiger partial charge in [0.1, 0.15) is 0 Å². The highest BCUT2D eigenvalue weighted by Crippen LogP contribution is 2.57. The van der Waals surface area contributed by atoms with Gasteiger partial charge in [0.05, 0.1) is 0 Å². The minimum Gasteiger partial charge on any atom is -0.291 e. The minimum absolute atomic E-state index is 0.727. The zero-order valence-corrected chi connectivity index (χ0v) is 8.04. The Bertz CT molecular complexity index is 193. The molecular formula is C12H17O. The summed E-state index contributed by atoms with van der Waals surface area (Å²) in [6, 6.07) is 0. The molecule has 0 spiro atoms. The molecule has 4 saturated carbocycles. The molecule has 0 unspecified atom stereocenters. The van der Waals surface area contributed by atoms with Gasteiger partial charge in [-0.1, -0.05) is 0 Å². The van der Waals surface area contributed by atoms with Crippen molar-refractivity contribution in [3.63, 3.8) is 0 Å². The van der Waals surface area contributed by atoms with E-state index in [1.807, 2.05) is 0 Å². The Labute approximate surface area is 79.9 Å². The van der Waals surface area contributed by atoms with E-state index in [1.54, 1.807) is 0 Å². The lowest BCUT2D eigenvalue weighted by Gasteiger charge is -2.54. The first-order valence-electron chi connectivity index (χ1n) is 5.72. The molecule has 4 aliphatic carbocycles. The summed E-state index contributed by atoms with van der Waals surface area (Å²) in [4.78, 5) is 10.5. The third kappa shape index (κ3) is 1.16. The van der Waals surface area contributed by atoms with Crippen molar-refractivity contribution < 1.29 is 4.79 Å². The third-order valence-electron chi connectivity index (χ3n) is 4.74. The molecule has 4 rings (SSSR count). The van der Waals surface area contributed by atoms with Gasteiger partial charge in [0.2, 0.25) is 0 Å². The topological polar surface area (TPSA) is 17.1 Å². The Kier molecular flexibility index (Phi) is 1.75. The van der Waals surface area contributed by atoms with E-state index >= 15 is 0 Å². The lowest BCUT2D eigenvalue weighted by atomic mass is 9.51. The highest BCUT2D eigenvalue weighted by Gasteiger charge is 2.47. The molecule has 0 aromatic rings. The second-order valence-corrected chi connectivity index (χ2v) is 5.44. The Hall–Kier alpha value is -0.330. The largest absolute Gasteiger partial charge is 0.291 e. The molecular weight excluding hydrogens is 160 g/mol. The van der Waals surface area contributed by atoms with E-state index < -0.39 is 0 Å². The molecule has 71 valence electrons. The lowest BCUT2D eigenvalue weighted by Crippen LogP contribution is -2.45. The maximum absolute atomic E-state index is 10.5. The highest BCUT2D eigenvalue weighted by atomic mass is 16.1. The first kappa shape index (κ1) is 8.02. The first-order chi connectivity index (χ1) is 6.36. The van der Waals surface area contributed by atoms with Crippen LogP contribution in [0.4, 0.5) is 0 Å². The fraction of sp³-hybridized carbons (Fsp3) is 0.917. The van der Waals surface area contributed by atoms with Crippen molar-refractivity contribution in [3.8, 4) is 0 Å². The van der Waals surface area contributed by atoms with Crippen molar-refractivity contribution in [2.24, 2.45) is 29.6 Å². The van der Waals surface area contributed by atoms with Gasteiger partial charge in [0.15, 0.2) is 6.29 Å². The van der Waals surface area contributed by atoms with E-state index in [9.17, 15) is 4.79 Å². The van der Waals surface area contributed by atoms with Crippen molar-refractivity contribution in [3.05, 3.63) is 0 Å². The van der Waals surface area contributed by atoms with Gasteiger partial charge in [0, 0.05) is 6.42 Å². The van der Waals surface area contributed by atoms with Gasteiger partial charge in [-0.2, -0.15) is 0 Å². The van der Waals surface area contributed by atoms with Crippen LogP contribution in [-0.4, -0.2) is 6.29 Å². The normalized spacial score (nSPS) is 52.5. The Morgan fingerprint density at radius 2 is 1.46 bits per heavy atom. The quantitative estimate of drug-likeness (QED) is 0.633. The van der Waals surface area contributed by atoms with Crippen LogP contribution in [-0.2, 0) is 4.79 Å². The van der Waals surface area contributed by atoms with Gasteiger partial charge in [-0.15, -0.1) is 0 Å². The Morgan fingerprint density at radius 3 is 1.92 bits per heavy atom. The summed E-state index contributed by atoms with van der Waals surface area (Å²) in [5, 5.41) is 0.